The minimum absolute atomic E-state index is 0.0426. The summed E-state index contributed by atoms with van der Waals surface area (Å²) in [6, 6.07) is 9.52. The van der Waals surface area contributed by atoms with E-state index in [0.717, 1.165) is 37.7 Å². The highest BCUT2D eigenvalue weighted by atomic mass is 16.2. The summed E-state index contributed by atoms with van der Waals surface area (Å²) in [7, 11) is 0. The normalized spacial score (nSPS) is 25.5. The molecule has 4 nitrogen and oxygen atoms in total. The summed E-state index contributed by atoms with van der Waals surface area (Å²) in [6.07, 6.45) is 7.25. The molecule has 2 heterocycles. The van der Waals surface area contributed by atoms with E-state index in [2.05, 4.69) is 17.9 Å². The molecule has 128 valence electrons. The number of anilines is 1. The standard InChI is InChI=1S/C20H27N3O/c1-2-4-16-5-3-12-22(13-10-16)19-11-14-23(20(19)24)18-8-6-17(15-21)7-9-18/h6-9,16,19H,2-5,10-14H2,1H3/t16-,19+/m1/s1. The quantitative estimate of drug-likeness (QED) is 0.850. The van der Waals surface area contributed by atoms with Crippen LogP contribution in [0.3, 0.4) is 0 Å². The summed E-state index contributed by atoms with van der Waals surface area (Å²) in [5.74, 6) is 1.07. The highest BCUT2D eigenvalue weighted by Gasteiger charge is 2.37. The average Bonchev–Trinajstić information content (AvgIpc) is 2.84. The predicted octanol–water partition coefficient (Wildman–Crippen LogP) is 3.57. The molecule has 24 heavy (non-hydrogen) atoms. The Kier molecular flexibility index (Phi) is 5.52. The Morgan fingerprint density at radius 1 is 1.12 bits per heavy atom. The summed E-state index contributed by atoms with van der Waals surface area (Å²) in [4.78, 5) is 17.2. The second kappa shape index (κ2) is 7.81. The maximum atomic E-state index is 12.9. The molecule has 0 aromatic heterocycles. The van der Waals surface area contributed by atoms with Crippen LogP contribution in [0.2, 0.25) is 0 Å². The first-order chi connectivity index (χ1) is 11.7. The topological polar surface area (TPSA) is 47.3 Å². The fourth-order valence-corrected chi connectivity index (χ4v) is 4.17. The van der Waals surface area contributed by atoms with Crippen LogP contribution in [0.15, 0.2) is 24.3 Å². The Hall–Kier alpha value is -1.86. The SMILES string of the molecule is CCC[C@@H]1CCCN([C@H]2CCN(c3ccc(C#N)cc3)C2=O)CC1. The lowest BCUT2D eigenvalue weighted by molar-refractivity contribution is -0.121. The van der Waals surface area contributed by atoms with Gasteiger partial charge in [-0.1, -0.05) is 19.8 Å². The van der Waals surface area contributed by atoms with Crippen LogP contribution in [0.4, 0.5) is 5.69 Å². The highest BCUT2D eigenvalue weighted by molar-refractivity contribution is 5.99. The van der Waals surface area contributed by atoms with Gasteiger partial charge in [-0.3, -0.25) is 9.69 Å². The molecule has 2 fully saturated rings. The van der Waals surface area contributed by atoms with Crippen LogP contribution in [-0.2, 0) is 4.79 Å². The van der Waals surface area contributed by atoms with E-state index < -0.39 is 0 Å². The fraction of sp³-hybridized carbons (Fsp3) is 0.600. The van der Waals surface area contributed by atoms with Crippen molar-refractivity contribution in [2.24, 2.45) is 5.92 Å². The van der Waals surface area contributed by atoms with E-state index >= 15 is 0 Å². The Bertz CT molecular complexity index is 604. The Balaban J connectivity index is 1.64. The fourth-order valence-electron chi connectivity index (χ4n) is 4.17. The second-order valence-electron chi connectivity index (χ2n) is 7.07. The average molecular weight is 325 g/mol. The predicted molar refractivity (Wildman–Crippen MR) is 95.7 cm³/mol. The van der Waals surface area contributed by atoms with Crippen LogP contribution in [0.25, 0.3) is 0 Å². The zero-order valence-electron chi connectivity index (χ0n) is 14.6. The van der Waals surface area contributed by atoms with Crippen molar-refractivity contribution in [2.75, 3.05) is 24.5 Å². The molecule has 0 spiro atoms. The first kappa shape index (κ1) is 17.0. The van der Waals surface area contributed by atoms with E-state index in [1.165, 1.54) is 32.1 Å². The van der Waals surface area contributed by atoms with Crippen LogP contribution in [-0.4, -0.2) is 36.5 Å². The van der Waals surface area contributed by atoms with Gasteiger partial charge in [-0.15, -0.1) is 0 Å². The maximum absolute atomic E-state index is 12.9. The van der Waals surface area contributed by atoms with Crippen molar-refractivity contribution in [1.29, 1.82) is 5.26 Å². The van der Waals surface area contributed by atoms with E-state index in [1.54, 1.807) is 12.1 Å². The number of rotatable bonds is 4. The maximum Gasteiger partial charge on any atom is 0.244 e. The van der Waals surface area contributed by atoms with Crippen LogP contribution in [0.5, 0.6) is 0 Å². The third kappa shape index (κ3) is 3.62. The lowest BCUT2D eigenvalue weighted by Crippen LogP contribution is -2.42. The van der Waals surface area contributed by atoms with Gasteiger partial charge < -0.3 is 4.90 Å². The third-order valence-electron chi connectivity index (χ3n) is 5.51. The molecular formula is C20H27N3O. The molecule has 3 rings (SSSR count). The van der Waals surface area contributed by atoms with Crippen LogP contribution in [0, 0.1) is 17.2 Å². The Labute approximate surface area is 145 Å². The summed E-state index contributed by atoms with van der Waals surface area (Å²) in [6.45, 7) is 5.16. The van der Waals surface area contributed by atoms with Gasteiger partial charge >= 0.3 is 0 Å². The number of nitrogens with zero attached hydrogens (tertiary/aromatic N) is 3. The van der Waals surface area contributed by atoms with E-state index in [4.69, 9.17) is 5.26 Å². The minimum atomic E-state index is 0.0426. The summed E-state index contributed by atoms with van der Waals surface area (Å²) < 4.78 is 0. The van der Waals surface area contributed by atoms with Gasteiger partial charge in [-0.2, -0.15) is 5.26 Å². The molecule has 2 saturated heterocycles. The van der Waals surface area contributed by atoms with Crippen LogP contribution in [0.1, 0.15) is 51.0 Å². The molecule has 1 aromatic carbocycles. The number of carbonyl (C=O) groups excluding carboxylic acids is 1. The van der Waals surface area contributed by atoms with E-state index in [-0.39, 0.29) is 11.9 Å². The van der Waals surface area contributed by atoms with E-state index in [9.17, 15) is 4.79 Å². The summed E-state index contributed by atoms with van der Waals surface area (Å²) in [5, 5.41) is 8.91. The lowest BCUT2D eigenvalue weighted by Gasteiger charge is -2.26. The van der Waals surface area contributed by atoms with Gasteiger partial charge in [0, 0.05) is 12.2 Å². The van der Waals surface area contributed by atoms with Gasteiger partial charge in [-0.05, 0) is 69.0 Å². The highest BCUT2D eigenvalue weighted by Crippen LogP contribution is 2.28. The third-order valence-corrected chi connectivity index (χ3v) is 5.51. The first-order valence-electron chi connectivity index (χ1n) is 9.28. The molecule has 0 N–H and O–H groups in total. The number of hydrogen-bond acceptors (Lipinski definition) is 3. The molecule has 0 bridgehead atoms. The molecule has 1 amide bonds. The second-order valence-corrected chi connectivity index (χ2v) is 7.07. The monoisotopic (exact) mass is 325 g/mol. The molecule has 2 aliphatic rings. The smallest absolute Gasteiger partial charge is 0.244 e. The van der Waals surface area contributed by atoms with Crippen molar-refractivity contribution in [1.82, 2.24) is 4.90 Å². The number of hydrogen-bond donors (Lipinski definition) is 0. The van der Waals surface area contributed by atoms with Crippen molar-refractivity contribution < 1.29 is 4.79 Å². The minimum Gasteiger partial charge on any atom is -0.311 e. The van der Waals surface area contributed by atoms with Gasteiger partial charge in [0.05, 0.1) is 17.7 Å². The molecule has 1 aromatic rings. The number of benzene rings is 1. The van der Waals surface area contributed by atoms with Crippen molar-refractivity contribution >= 4 is 11.6 Å². The number of nitriles is 1. The zero-order valence-corrected chi connectivity index (χ0v) is 14.6. The van der Waals surface area contributed by atoms with Gasteiger partial charge in [0.25, 0.3) is 0 Å². The Morgan fingerprint density at radius 2 is 1.92 bits per heavy atom. The van der Waals surface area contributed by atoms with Crippen molar-refractivity contribution in [3.63, 3.8) is 0 Å². The number of carbonyl (C=O) groups is 1. The molecule has 0 aliphatic carbocycles. The number of likely N-dealkylation sites (tertiary alicyclic amines) is 1. The van der Waals surface area contributed by atoms with Gasteiger partial charge in [-0.25, -0.2) is 0 Å². The molecule has 2 atom stereocenters. The van der Waals surface area contributed by atoms with Crippen molar-refractivity contribution in [2.45, 2.75) is 51.5 Å². The van der Waals surface area contributed by atoms with Crippen molar-refractivity contribution in [3.8, 4) is 6.07 Å². The molecule has 0 radical (unpaired) electrons. The van der Waals surface area contributed by atoms with Crippen LogP contribution < -0.4 is 4.90 Å². The molecular weight excluding hydrogens is 298 g/mol. The first-order valence-corrected chi connectivity index (χ1v) is 9.28. The van der Waals surface area contributed by atoms with Crippen molar-refractivity contribution in [3.05, 3.63) is 29.8 Å². The molecule has 4 heteroatoms. The zero-order chi connectivity index (χ0) is 16.9. The molecule has 2 aliphatic heterocycles. The van der Waals surface area contributed by atoms with E-state index in [1.807, 2.05) is 17.0 Å². The molecule has 0 unspecified atom stereocenters. The van der Waals surface area contributed by atoms with Gasteiger partial charge in [0.15, 0.2) is 0 Å². The van der Waals surface area contributed by atoms with Gasteiger partial charge in [0.2, 0.25) is 5.91 Å². The number of amides is 1. The summed E-state index contributed by atoms with van der Waals surface area (Å²) >= 11 is 0. The summed E-state index contributed by atoms with van der Waals surface area (Å²) in [5.41, 5.74) is 1.55. The van der Waals surface area contributed by atoms with Crippen LogP contribution >= 0.6 is 0 Å². The molecule has 0 saturated carbocycles. The van der Waals surface area contributed by atoms with E-state index in [0.29, 0.717) is 5.56 Å². The van der Waals surface area contributed by atoms with Gasteiger partial charge in [0.1, 0.15) is 0 Å². The largest absolute Gasteiger partial charge is 0.311 e. The lowest BCUT2D eigenvalue weighted by atomic mass is 9.96. The Morgan fingerprint density at radius 3 is 2.62 bits per heavy atom.